The summed E-state index contributed by atoms with van der Waals surface area (Å²) in [5, 5.41) is 3.39. The van der Waals surface area contributed by atoms with Crippen LogP contribution in [0.15, 0.2) is 18.3 Å². The van der Waals surface area contributed by atoms with Gasteiger partial charge in [-0.15, -0.1) is 0 Å². The molecule has 90 valence electrons. The van der Waals surface area contributed by atoms with Gasteiger partial charge in [-0.1, -0.05) is 20.3 Å². The van der Waals surface area contributed by atoms with Crippen LogP contribution in [0.4, 0.5) is 5.82 Å². The first-order chi connectivity index (χ1) is 7.65. The summed E-state index contributed by atoms with van der Waals surface area (Å²) in [7, 11) is 1.65. The predicted octanol–water partition coefficient (Wildman–Crippen LogP) is 3.33. The van der Waals surface area contributed by atoms with Gasteiger partial charge in [0.25, 0.3) is 0 Å². The fraction of sp³-hybridized carbons (Fsp3) is 0.615. The first-order valence-electron chi connectivity index (χ1n) is 5.92. The van der Waals surface area contributed by atoms with E-state index in [-0.39, 0.29) is 0 Å². The van der Waals surface area contributed by atoms with Gasteiger partial charge in [-0.05, 0) is 31.4 Å². The van der Waals surface area contributed by atoms with E-state index in [1.165, 1.54) is 12.8 Å². The zero-order valence-electron chi connectivity index (χ0n) is 10.7. The van der Waals surface area contributed by atoms with Gasteiger partial charge in [0.05, 0.1) is 13.3 Å². The van der Waals surface area contributed by atoms with Crippen LogP contribution < -0.4 is 10.1 Å². The minimum Gasteiger partial charge on any atom is -0.495 e. The molecule has 3 heteroatoms. The highest BCUT2D eigenvalue weighted by Gasteiger charge is 2.07. The Bertz CT molecular complexity index is 297. The van der Waals surface area contributed by atoms with Gasteiger partial charge >= 0.3 is 0 Å². The van der Waals surface area contributed by atoms with E-state index in [2.05, 4.69) is 31.1 Å². The Hall–Kier alpha value is -1.25. The monoisotopic (exact) mass is 222 g/mol. The maximum Gasteiger partial charge on any atom is 0.137 e. The summed E-state index contributed by atoms with van der Waals surface area (Å²) in [6.07, 6.45) is 4.13. The maximum absolute atomic E-state index is 5.07. The van der Waals surface area contributed by atoms with E-state index in [1.807, 2.05) is 12.1 Å². The summed E-state index contributed by atoms with van der Waals surface area (Å²) in [6.45, 7) is 6.70. The Balaban J connectivity index is 2.46. The van der Waals surface area contributed by atoms with Gasteiger partial charge in [-0.2, -0.15) is 0 Å². The van der Waals surface area contributed by atoms with Crippen LogP contribution in [0, 0.1) is 5.92 Å². The van der Waals surface area contributed by atoms with Crippen LogP contribution >= 0.6 is 0 Å². The fourth-order valence-electron chi connectivity index (χ4n) is 1.67. The van der Waals surface area contributed by atoms with E-state index in [0.717, 1.165) is 17.5 Å². The molecule has 1 rings (SSSR count). The molecule has 1 N–H and O–H groups in total. The second-order valence-corrected chi connectivity index (χ2v) is 4.38. The molecule has 0 amide bonds. The zero-order valence-corrected chi connectivity index (χ0v) is 10.7. The number of methoxy groups -OCH3 is 1. The third kappa shape index (κ3) is 4.09. The Morgan fingerprint density at radius 1 is 1.38 bits per heavy atom. The number of rotatable bonds is 6. The number of hydrogen-bond donors (Lipinski definition) is 1. The normalized spacial score (nSPS) is 14.2. The molecule has 3 nitrogen and oxygen atoms in total. The second kappa shape index (κ2) is 6.36. The highest BCUT2D eigenvalue weighted by Crippen LogP contribution is 2.15. The lowest BCUT2D eigenvalue weighted by Crippen LogP contribution is -2.18. The van der Waals surface area contributed by atoms with Gasteiger partial charge in [-0.3, -0.25) is 0 Å². The number of aromatic nitrogens is 1. The molecule has 0 aromatic carbocycles. The van der Waals surface area contributed by atoms with E-state index in [9.17, 15) is 0 Å². The van der Waals surface area contributed by atoms with Crippen molar-refractivity contribution in [3.63, 3.8) is 0 Å². The van der Waals surface area contributed by atoms with Crippen molar-refractivity contribution >= 4 is 5.82 Å². The van der Waals surface area contributed by atoms with Crippen LogP contribution in [-0.4, -0.2) is 18.1 Å². The highest BCUT2D eigenvalue weighted by atomic mass is 16.5. The molecule has 1 heterocycles. The molecule has 1 aromatic heterocycles. The Kier molecular flexibility index (Phi) is 5.09. The van der Waals surface area contributed by atoms with Crippen LogP contribution in [0.5, 0.6) is 5.75 Å². The molecule has 0 bridgehead atoms. The number of pyridine rings is 1. The van der Waals surface area contributed by atoms with Crippen LogP contribution in [-0.2, 0) is 0 Å². The third-order valence-electron chi connectivity index (χ3n) is 2.82. The molecule has 2 unspecified atom stereocenters. The summed E-state index contributed by atoms with van der Waals surface area (Å²) >= 11 is 0. The molecular weight excluding hydrogens is 200 g/mol. The molecule has 0 spiro atoms. The van der Waals surface area contributed by atoms with E-state index >= 15 is 0 Å². The van der Waals surface area contributed by atoms with Crippen molar-refractivity contribution in [2.45, 2.75) is 39.7 Å². The third-order valence-corrected chi connectivity index (χ3v) is 2.82. The fourth-order valence-corrected chi connectivity index (χ4v) is 1.67. The Morgan fingerprint density at radius 2 is 2.12 bits per heavy atom. The van der Waals surface area contributed by atoms with Crippen molar-refractivity contribution in [3.05, 3.63) is 18.3 Å². The summed E-state index contributed by atoms with van der Waals surface area (Å²) < 4.78 is 5.07. The smallest absolute Gasteiger partial charge is 0.137 e. The molecule has 0 fully saturated rings. The van der Waals surface area contributed by atoms with Crippen molar-refractivity contribution in [3.8, 4) is 5.75 Å². The topological polar surface area (TPSA) is 34.1 Å². The Labute approximate surface area is 98.2 Å². The van der Waals surface area contributed by atoms with Crippen LogP contribution in [0.1, 0.15) is 33.6 Å². The quantitative estimate of drug-likeness (QED) is 0.801. The van der Waals surface area contributed by atoms with Gasteiger partial charge in [0.2, 0.25) is 0 Å². The van der Waals surface area contributed by atoms with E-state index < -0.39 is 0 Å². The largest absolute Gasteiger partial charge is 0.495 e. The van der Waals surface area contributed by atoms with Gasteiger partial charge in [0.1, 0.15) is 11.6 Å². The van der Waals surface area contributed by atoms with Gasteiger partial charge in [0.15, 0.2) is 0 Å². The van der Waals surface area contributed by atoms with Crippen molar-refractivity contribution in [1.82, 2.24) is 4.98 Å². The average Bonchev–Trinajstić information content (AvgIpc) is 2.29. The molecule has 0 aliphatic carbocycles. The Morgan fingerprint density at radius 3 is 2.62 bits per heavy atom. The average molecular weight is 222 g/mol. The summed E-state index contributed by atoms with van der Waals surface area (Å²) in [5.41, 5.74) is 0. The molecule has 0 saturated heterocycles. The molecule has 0 radical (unpaired) electrons. The van der Waals surface area contributed by atoms with E-state index in [1.54, 1.807) is 13.3 Å². The standard InChI is InChI=1S/C13H22N2O/c1-5-10(2)8-11(3)15-13-7-6-12(16-4)9-14-13/h6-7,9-11H,5,8H2,1-4H3,(H,14,15). The van der Waals surface area contributed by atoms with Crippen LogP contribution in [0.25, 0.3) is 0 Å². The first kappa shape index (κ1) is 12.8. The SMILES string of the molecule is CCC(C)CC(C)Nc1ccc(OC)cn1. The highest BCUT2D eigenvalue weighted by molar-refractivity contribution is 5.38. The minimum atomic E-state index is 0.454. The molecule has 16 heavy (non-hydrogen) atoms. The number of anilines is 1. The number of hydrogen-bond acceptors (Lipinski definition) is 3. The lowest BCUT2D eigenvalue weighted by Gasteiger charge is -2.18. The molecule has 0 aliphatic heterocycles. The van der Waals surface area contributed by atoms with E-state index in [0.29, 0.717) is 6.04 Å². The molecule has 1 aromatic rings. The zero-order chi connectivity index (χ0) is 12.0. The van der Waals surface area contributed by atoms with Crippen molar-refractivity contribution in [1.29, 1.82) is 0 Å². The summed E-state index contributed by atoms with van der Waals surface area (Å²) in [6, 6.07) is 4.33. The van der Waals surface area contributed by atoms with Gasteiger partial charge < -0.3 is 10.1 Å². The number of ether oxygens (including phenoxy) is 1. The first-order valence-corrected chi connectivity index (χ1v) is 5.92. The lowest BCUT2D eigenvalue weighted by atomic mass is 10.0. The van der Waals surface area contributed by atoms with E-state index in [4.69, 9.17) is 4.74 Å². The number of nitrogens with one attached hydrogen (secondary N) is 1. The summed E-state index contributed by atoms with van der Waals surface area (Å²) in [4.78, 5) is 4.29. The van der Waals surface area contributed by atoms with Crippen molar-refractivity contribution in [2.75, 3.05) is 12.4 Å². The number of nitrogens with zero attached hydrogens (tertiary/aromatic N) is 1. The molecular formula is C13H22N2O. The maximum atomic E-state index is 5.07. The molecule has 0 aliphatic rings. The predicted molar refractivity (Wildman–Crippen MR) is 67.9 cm³/mol. The minimum absolute atomic E-state index is 0.454. The molecule has 2 atom stereocenters. The van der Waals surface area contributed by atoms with Crippen molar-refractivity contribution < 1.29 is 4.74 Å². The van der Waals surface area contributed by atoms with Crippen LogP contribution in [0.3, 0.4) is 0 Å². The van der Waals surface area contributed by atoms with Gasteiger partial charge in [-0.25, -0.2) is 4.98 Å². The summed E-state index contributed by atoms with van der Waals surface area (Å²) in [5.74, 6) is 2.46. The van der Waals surface area contributed by atoms with Gasteiger partial charge in [0, 0.05) is 6.04 Å². The second-order valence-electron chi connectivity index (χ2n) is 4.38. The van der Waals surface area contributed by atoms with Crippen molar-refractivity contribution in [2.24, 2.45) is 5.92 Å². The van der Waals surface area contributed by atoms with Crippen LogP contribution in [0.2, 0.25) is 0 Å². The molecule has 0 saturated carbocycles. The lowest BCUT2D eigenvalue weighted by molar-refractivity contribution is 0.413.